The predicted molar refractivity (Wildman–Crippen MR) is 96.1 cm³/mol. The molecule has 7 heteroatoms. The molecule has 1 fully saturated rings. The van der Waals surface area contributed by atoms with Gasteiger partial charge in [0.15, 0.2) is 0 Å². The first-order chi connectivity index (χ1) is 11.8. The highest BCUT2D eigenvalue weighted by atomic mass is 32.2. The van der Waals surface area contributed by atoms with E-state index >= 15 is 0 Å². The second kappa shape index (κ2) is 7.74. The summed E-state index contributed by atoms with van der Waals surface area (Å²) in [6, 6.07) is 1.99. The van der Waals surface area contributed by atoms with Gasteiger partial charge >= 0.3 is 0 Å². The monoisotopic (exact) mass is 344 g/mol. The van der Waals surface area contributed by atoms with Crippen molar-refractivity contribution in [3.8, 4) is 0 Å². The van der Waals surface area contributed by atoms with Gasteiger partial charge in [-0.3, -0.25) is 4.99 Å². The van der Waals surface area contributed by atoms with Crippen LogP contribution in [0.4, 0.5) is 0 Å². The van der Waals surface area contributed by atoms with E-state index in [0.29, 0.717) is 0 Å². The molecule has 0 saturated carbocycles. The predicted octanol–water partition coefficient (Wildman–Crippen LogP) is 3.31. The highest BCUT2D eigenvalue weighted by Crippen LogP contribution is 2.33. The number of allylic oxidation sites excluding steroid dienone is 1. The van der Waals surface area contributed by atoms with Gasteiger partial charge in [-0.1, -0.05) is 12.7 Å². The van der Waals surface area contributed by atoms with Gasteiger partial charge in [0.05, 0.1) is 18.1 Å². The van der Waals surface area contributed by atoms with Crippen molar-refractivity contribution in [3.05, 3.63) is 43.5 Å². The molecule has 0 aliphatic carbocycles. The van der Waals surface area contributed by atoms with Crippen molar-refractivity contribution in [2.75, 3.05) is 6.61 Å². The van der Waals surface area contributed by atoms with Crippen molar-refractivity contribution in [1.29, 1.82) is 0 Å². The fraction of sp³-hybridized carbons (Fsp3) is 0.353. The number of aromatic nitrogens is 3. The summed E-state index contributed by atoms with van der Waals surface area (Å²) < 4.78 is 7.87. The third kappa shape index (κ3) is 3.43. The first-order valence-electron chi connectivity index (χ1n) is 7.84. The van der Waals surface area contributed by atoms with Gasteiger partial charge in [-0.15, -0.1) is 0 Å². The summed E-state index contributed by atoms with van der Waals surface area (Å²) in [6.07, 6.45) is 10.4. The molecule has 6 nitrogen and oxygen atoms in total. The van der Waals surface area contributed by atoms with Gasteiger partial charge in [0.1, 0.15) is 28.3 Å². The van der Waals surface area contributed by atoms with Crippen molar-refractivity contribution >= 4 is 27.8 Å². The lowest BCUT2D eigenvalue weighted by Crippen LogP contribution is -2.14. The molecule has 1 aliphatic rings. The molecule has 0 aromatic carbocycles. The van der Waals surface area contributed by atoms with Crippen molar-refractivity contribution in [1.82, 2.24) is 14.5 Å². The van der Waals surface area contributed by atoms with Crippen LogP contribution in [-0.2, 0) is 4.74 Å². The van der Waals surface area contributed by atoms with E-state index in [4.69, 9.17) is 4.74 Å². The maximum atomic E-state index is 9.25. The van der Waals surface area contributed by atoms with Crippen molar-refractivity contribution in [2.45, 2.75) is 37.1 Å². The Bertz CT molecular complexity index is 784. The van der Waals surface area contributed by atoms with E-state index in [1.54, 1.807) is 6.33 Å². The Morgan fingerprint density at radius 3 is 3.12 bits per heavy atom. The van der Waals surface area contributed by atoms with E-state index in [1.807, 2.05) is 35.9 Å². The maximum absolute atomic E-state index is 9.25. The molecule has 1 aliphatic heterocycles. The Morgan fingerprint density at radius 2 is 2.42 bits per heavy atom. The summed E-state index contributed by atoms with van der Waals surface area (Å²) in [5.41, 5.74) is 0.828. The molecular formula is C17H20N4O2S. The van der Waals surface area contributed by atoms with Crippen LogP contribution < -0.4 is 0 Å². The first kappa shape index (κ1) is 16.9. The molecule has 126 valence electrons. The average molecular weight is 344 g/mol. The Labute approximate surface area is 145 Å². The molecule has 2 unspecified atom stereocenters. The van der Waals surface area contributed by atoms with E-state index in [-0.39, 0.29) is 18.9 Å². The van der Waals surface area contributed by atoms with Crippen LogP contribution in [0.5, 0.6) is 0 Å². The van der Waals surface area contributed by atoms with Crippen LogP contribution in [0.15, 0.2) is 53.5 Å². The van der Waals surface area contributed by atoms with Gasteiger partial charge in [0.25, 0.3) is 0 Å². The molecular weight excluding hydrogens is 324 g/mol. The maximum Gasteiger partial charge on any atom is 0.146 e. The van der Waals surface area contributed by atoms with Gasteiger partial charge in [-0.2, -0.15) is 0 Å². The van der Waals surface area contributed by atoms with E-state index in [1.165, 1.54) is 18.0 Å². The van der Waals surface area contributed by atoms with Gasteiger partial charge in [-0.25, -0.2) is 9.97 Å². The molecule has 1 saturated heterocycles. The highest BCUT2D eigenvalue weighted by molar-refractivity contribution is 8.14. The van der Waals surface area contributed by atoms with Crippen LogP contribution in [0.25, 0.3) is 11.0 Å². The van der Waals surface area contributed by atoms with E-state index < -0.39 is 0 Å². The minimum absolute atomic E-state index is 0.0521. The van der Waals surface area contributed by atoms with Gasteiger partial charge in [0, 0.05) is 12.4 Å². The summed E-state index contributed by atoms with van der Waals surface area (Å²) >= 11 is 1.47. The molecule has 2 aromatic rings. The Kier molecular flexibility index (Phi) is 5.44. The average Bonchev–Trinajstić information content (AvgIpc) is 3.22. The SMILES string of the molecule is C=CN=C(/C=C\C)Sc1ncnc2c1ccn2C1CCC(CO)O1. The number of nitrogens with zero attached hydrogens (tertiary/aromatic N) is 4. The molecule has 3 rings (SSSR count). The largest absolute Gasteiger partial charge is 0.394 e. The zero-order valence-corrected chi connectivity index (χ0v) is 14.3. The number of fused-ring (bicyclic) bond motifs is 1. The van der Waals surface area contributed by atoms with Crippen molar-refractivity contribution in [3.63, 3.8) is 0 Å². The van der Waals surface area contributed by atoms with Gasteiger partial charge in [-0.05, 0) is 43.7 Å². The zero-order valence-electron chi connectivity index (χ0n) is 13.5. The molecule has 2 aromatic heterocycles. The van der Waals surface area contributed by atoms with Gasteiger partial charge in [0.2, 0.25) is 0 Å². The smallest absolute Gasteiger partial charge is 0.146 e. The second-order valence-electron chi connectivity index (χ2n) is 5.36. The standard InChI is InChI=1S/C17H20N4O2S/c1-3-5-14(18-4-2)24-17-13-8-9-21(16(13)19-11-20-17)15-7-6-12(10-22)23-15/h3-5,8-9,11-12,15,22H,2,6-7,10H2,1H3/b5-3-,18-14?. The number of aliphatic imine (C=N–C) groups is 1. The molecule has 24 heavy (non-hydrogen) atoms. The summed E-state index contributed by atoms with van der Waals surface area (Å²) in [5, 5.41) is 11.9. The fourth-order valence-corrected chi connectivity index (χ4v) is 3.62. The number of thioether (sulfide) groups is 1. The molecule has 3 heterocycles. The first-order valence-corrected chi connectivity index (χ1v) is 8.65. The lowest BCUT2D eigenvalue weighted by atomic mass is 10.2. The van der Waals surface area contributed by atoms with E-state index in [0.717, 1.165) is 33.9 Å². The second-order valence-corrected chi connectivity index (χ2v) is 6.37. The summed E-state index contributed by atoms with van der Waals surface area (Å²) in [7, 11) is 0. The number of ether oxygens (including phenoxy) is 1. The molecule has 2 atom stereocenters. The van der Waals surface area contributed by atoms with E-state index in [9.17, 15) is 5.11 Å². The number of hydrogen-bond donors (Lipinski definition) is 1. The molecule has 0 spiro atoms. The fourth-order valence-electron chi connectivity index (χ4n) is 2.72. The molecule has 0 bridgehead atoms. The van der Waals surface area contributed by atoms with Gasteiger partial charge < -0.3 is 14.4 Å². The Balaban J connectivity index is 1.92. The van der Waals surface area contributed by atoms with Crippen LogP contribution in [-0.4, -0.2) is 37.4 Å². The summed E-state index contributed by atoms with van der Waals surface area (Å²) in [5.74, 6) is 0. The minimum atomic E-state index is -0.0934. The Hall–Kier alpha value is -1.96. The summed E-state index contributed by atoms with van der Waals surface area (Å²) in [6.45, 7) is 5.65. The van der Waals surface area contributed by atoms with Crippen LogP contribution in [0, 0.1) is 0 Å². The number of aliphatic hydroxyl groups is 1. The molecule has 0 amide bonds. The molecule has 0 radical (unpaired) electrons. The normalized spacial score (nSPS) is 21.8. The third-order valence-electron chi connectivity index (χ3n) is 3.80. The van der Waals surface area contributed by atoms with Crippen LogP contribution in [0.3, 0.4) is 0 Å². The minimum Gasteiger partial charge on any atom is -0.394 e. The topological polar surface area (TPSA) is 72.5 Å². The lowest BCUT2D eigenvalue weighted by molar-refractivity contribution is -0.0204. The van der Waals surface area contributed by atoms with Crippen LogP contribution >= 0.6 is 11.8 Å². The van der Waals surface area contributed by atoms with Crippen molar-refractivity contribution in [2.24, 2.45) is 4.99 Å². The Morgan fingerprint density at radius 1 is 1.54 bits per heavy atom. The lowest BCUT2D eigenvalue weighted by Gasteiger charge is -2.14. The summed E-state index contributed by atoms with van der Waals surface area (Å²) in [4.78, 5) is 13.1. The molecule has 1 N–H and O–H groups in total. The highest BCUT2D eigenvalue weighted by Gasteiger charge is 2.27. The van der Waals surface area contributed by atoms with Crippen LogP contribution in [0.1, 0.15) is 26.0 Å². The van der Waals surface area contributed by atoms with Crippen molar-refractivity contribution < 1.29 is 9.84 Å². The number of rotatable bonds is 5. The zero-order chi connectivity index (χ0) is 16.9. The quantitative estimate of drug-likeness (QED) is 0.390. The third-order valence-corrected chi connectivity index (χ3v) is 4.77. The number of hydrogen-bond acceptors (Lipinski definition) is 6. The van der Waals surface area contributed by atoms with E-state index in [2.05, 4.69) is 21.5 Å². The number of aliphatic hydroxyl groups excluding tert-OH is 1. The van der Waals surface area contributed by atoms with Crippen LogP contribution in [0.2, 0.25) is 0 Å².